The molecule has 0 aliphatic carbocycles. The summed E-state index contributed by atoms with van der Waals surface area (Å²) in [4.78, 5) is 4.81. The van der Waals surface area contributed by atoms with Crippen molar-refractivity contribution in [3.63, 3.8) is 0 Å². The van der Waals surface area contributed by atoms with Crippen LogP contribution < -0.4 is 4.74 Å². The second kappa shape index (κ2) is 8.19. The summed E-state index contributed by atoms with van der Waals surface area (Å²) in [6, 6.07) is 16.8. The molecule has 132 valence electrons. The van der Waals surface area contributed by atoms with Crippen LogP contribution in [-0.2, 0) is 13.0 Å². The van der Waals surface area contributed by atoms with Crippen molar-refractivity contribution in [3.8, 4) is 5.75 Å². The van der Waals surface area contributed by atoms with Crippen molar-refractivity contribution < 1.29 is 4.74 Å². The fraction of sp³-hybridized carbons (Fsp3) is 0.409. The normalized spacial score (nSPS) is 11.4. The second-order valence-electron chi connectivity index (χ2n) is 6.82. The van der Waals surface area contributed by atoms with Gasteiger partial charge >= 0.3 is 0 Å². The molecule has 1 aromatic heterocycles. The van der Waals surface area contributed by atoms with Gasteiger partial charge in [-0.05, 0) is 49.1 Å². The standard InChI is InChI=1S/C22H28N2O/c1-4-18-11-13-19(14-12-18)25-16-8-7-15-24-21-10-6-5-9-20(21)23-22(24)17(2)3/h5-6,9-14,17H,4,7-8,15-16H2,1-3H3. The van der Waals surface area contributed by atoms with E-state index in [0.717, 1.165) is 43.7 Å². The highest BCUT2D eigenvalue weighted by Gasteiger charge is 2.12. The molecule has 3 aromatic rings. The summed E-state index contributed by atoms with van der Waals surface area (Å²) >= 11 is 0. The quantitative estimate of drug-likeness (QED) is 0.502. The van der Waals surface area contributed by atoms with Gasteiger partial charge in [-0.3, -0.25) is 0 Å². The van der Waals surface area contributed by atoms with Gasteiger partial charge in [-0.2, -0.15) is 0 Å². The maximum atomic E-state index is 5.87. The van der Waals surface area contributed by atoms with Gasteiger partial charge in [-0.25, -0.2) is 4.98 Å². The first-order chi connectivity index (χ1) is 12.2. The Morgan fingerprint density at radius 3 is 2.48 bits per heavy atom. The Kier molecular flexibility index (Phi) is 5.75. The molecule has 0 saturated heterocycles. The van der Waals surface area contributed by atoms with E-state index < -0.39 is 0 Å². The molecule has 3 nitrogen and oxygen atoms in total. The Hall–Kier alpha value is -2.29. The number of aromatic nitrogens is 2. The lowest BCUT2D eigenvalue weighted by atomic mass is 10.2. The van der Waals surface area contributed by atoms with E-state index in [1.54, 1.807) is 0 Å². The zero-order chi connectivity index (χ0) is 17.6. The average Bonchev–Trinajstić information content (AvgIpc) is 3.01. The van der Waals surface area contributed by atoms with Crippen LogP contribution >= 0.6 is 0 Å². The zero-order valence-corrected chi connectivity index (χ0v) is 15.5. The van der Waals surface area contributed by atoms with Gasteiger partial charge in [0.2, 0.25) is 0 Å². The molecule has 0 aliphatic heterocycles. The number of imidazole rings is 1. The van der Waals surface area contributed by atoms with Crippen LogP contribution in [0.4, 0.5) is 0 Å². The fourth-order valence-electron chi connectivity index (χ4n) is 3.15. The third-order valence-corrected chi connectivity index (χ3v) is 4.58. The highest BCUT2D eigenvalue weighted by molar-refractivity contribution is 5.76. The highest BCUT2D eigenvalue weighted by atomic mass is 16.5. The third-order valence-electron chi connectivity index (χ3n) is 4.58. The minimum atomic E-state index is 0.431. The van der Waals surface area contributed by atoms with E-state index >= 15 is 0 Å². The molecular weight excluding hydrogens is 308 g/mol. The first-order valence-electron chi connectivity index (χ1n) is 9.36. The summed E-state index contributed by atoms with van der Waals surface area (Å²) < 4.78 is 8.24. The molecule has 3 heteroatoms. The molecular formula is C22H28N2O. The smallest absolute Gasteiger partial charge is 0.119 e. The van der Waals surface area contributed by atoms with Gasteiger partial charge in [0.25, 0.3) is 0 Å². The highest BCUT2D eigenvalue weighted by Crippen LogP contribution is 2.22. The summed E-state index contributed by atoms with van der Waals surface area (Å²) in [6.45, 7) is 8.34. The SMILES string of the molecule is CCc1ccc(OCCCCn2c(C(C)C)nc3ccccc32)cc1. The fourth-order valence-corrected chi connectivity index (χ4v) is 3.15. The van der Waals surface area contributed by atoms with Crippen LogP contribution in [0.5, 0.6) is 5.75 Å². The van der Waals surface area contributed by atoms with E-state index in [1.807, 2.05) is 0 Å². The molecule has 0 unspecified atom stereocenters. The maximum Gasteiger partial charge on any atom is 0.119 e. The molecule has 2 aromatic carbocycles. The van der Waals surface area contributed by atoms with Gasteiger partial charge in [0.15, 0.2) is 0 Å². The first-order valence-corrected chi connectivity index (χ1v) is 9.36. The van der Waals surface area contributed by atoms with Crippen LogP contribution in [0.15, 0.2) is 48.5 Å². The zero-order valence-electron chi connectivity index (χ0n) is 15.5. The van der Waals surface area contributed by atoms with Gasteiger partial charge < -0.3 is 9.30 Å². The summed E-state index contributed by atoms with van der Waals surface area (Å²) in [5.74, 6) is 2.58. The van der Waals surface area contributed by atoms with Crippen molar-refractivity contribution >= 4 is 11.0 Å². The van der Waals surface area contributed by atoms with Crippen molar-refractivity contribution in [2.75, 3.05) is 6.61 Å². The van der Waals surface area contributed by atoms with Crippen molar-refractivity contribution in [2.24, 2.45) is 0 Å². The van der Waals surface area contributed by atoms with Gasteiger partial charge in [0.05, 0.1) is 17.6 Å². The van der Waals surface area contributed by atoms with Crippen molar-refractivity contribution in [1.82, 2.24) is 9.55 Å². The van der Waals surface area contributed by atoms with Gasteiger partial charge in [0.1, 0.15) is 11.6 Å². The van der Waals surface area contributed by atoms with E-state index in [9.17, 15) is 0 Å². The number of hydrogen-bond donors (Lipinski definition) is 0. The van der Waals surface area contributed by atoms with Crippen LogP contribution in [0.3, 0.4) is 0 Å². The van der Waals surface area contributed by atoms with E-state index in [2.05, 4.69) is 73.9 Å². The molecule has 0 radical (unpaired) electrons. The van der Waals surface area contributed by atoms with E-state index in [-0.39, 0.29) is 0 Å². The van der Waals surface area contributed by atoms with Crippen LogP contribution in [0.2, 0.25) is 0 Å². The van der Waals surface area contributed by atoms with Crippen molar-refractivity contribution in [2.45, 2.75) is 52.5 Å². The Balaban J connectivity index is 1.55. The average molecular weight is 336 g/mol. The largest absolute Gasteiger partial charge is 0.494 e. The molecule has 0 saturated carbocycles. The molecule has 0 bridgehead atoms. The van der Waals surface area contributed by atoms with Crippen LogP contribution in [0, 0.1) is 0 Å². The molecule has 0 fully saturated rings. The molecule has 0 atom stereocenters. The predicted molar refractivity (Wildman–Crippen MR) is 104 cm³/mol. The molecule has 3 rings (SSSR count). The molecule has 1 heterocycles. The lowest BCUT2D eigenvalue weighted by Gasteiger charge is -2.12. The number of benzene rings is 2. The van der Waals surface area contributed by atoms with Gasteiger partial charge in [-0.1, -0.05) is 45.0 Å². The van der Waals surface area contributed by atoms with Crippen LogP contribution in [0.25, 0.3) is 11.0 Å². The lowest BCUT2D eigenvalue weighted by Crippen LogP contribution is -2.07. The summed E-state index contributed by atoms with van der Waals surface area (Å²) in [5.41, 5.74) is 3.68. The topological polar surface area (TPSA) is 27.1 Å². The van der Waals surface area contributed by atoms with Crippen molar-refractivity contribution in [1.29, 1.82) is 0 Å². The monoisotopic (exact) mass is 336 g/mol. The number of para-hydroxylation sites is 2. The van der Waals surface area contributed by atoms with Crippen LogP contribution in [-0.4, -0.2) is 16.2 Å². The minimum Gasteiger partial charge on any atom is -0.494 e. The number of fused-ring (bicyclic) bond motifs is 1. The number of nitrogens with zero attached hydrogens (tertiary/aromatic N) is 2. The molecule has 0 aliphatic rings. The summed E-state index contributed by atoms with van der Waals surface area (Å²) in [7, 11) is 0. The number of rotatable bonds is 8. The van der Waals surface area contributed by atoms with E-state index in [4.69, 9.17) is 9.72 Å². The number of aryl methyl sites for hydroxylation is 2. The second-order valence-corrected chi connectivity index (χ2v) is 6.82. The summed E-state index contributed by atoms with van der Waals surface area (Å²) in [6.07, 6.45) is 3.20. The molecule has 25 heavy (non-hydrogen) atoms. The number of hydrogen-bond acceptors (Lipinski definition) is 2. The van der Waals surface area contributed by atoms with E-state index in [0.29, 0.717) is 5.92 Å². The number of unbranched alkanes of at least 4 members (excludes halogenated alkanes) is 1. The Morgan fingerprint density at radius 1 is 1.00 bits per heavy atom. The summed E-state index contributed by atoms with van der Waals surface area (Å²) in [5, 5.41) is 0. The van der Waals surface area contributed by atoms with Gasteiger partial charge in [0, 0.05) is 12.5 Å². The van der Waals surface area contributed by atoms with Gasteiger partial charge in [-0.15, -0.1) is 0 Å². The van der Waals surface area contributed by atoms with Crippen molar-refractivity contribution in [3.05, 3.63) is 59.9 Å². The van der Waals surface area contributed by atoms with E-state index in [1.165, 1.54) is 16.9 Å². The Morgan fingerprint density at radius 2 is 1.76 bits per heavy atom. The predicted octanol–water partition coefficient (Wildman–Crippen LogP) is 5.58. The van der Waals surface area contributed by atoms with Crippen LogP contribution in [0.1, 0.15) is 50.9 Å². The Bertz CT molecular complexity index is 803. The lowest BCUT2D eigenvalue weighted by molar-refractivity contribution is 0.303. The Labute approximate surface area is 150 Å². The molecule has 0 spiro atoms. The molecule has 0 amide bonds. The molecule has 0 N–H and O–H groups in total. The minimum absolute atomic E-state index is 0.431. The third kappa shape index (κ3) is 4.22. The first kappa shape index (κ1) is 17.5. The maximum absolute atomic E-state index is 5.87. The number of ether oxygens (including phenoxy) is 1.